The van der Waals surface area contributed by atoms with E-state index in [4.69, 9.17) is 5.73 Å². The van der Waals surface area contributed by atoms with Crippen LogP contribution in [0, 0.1) is 12.8 Å². The molecule has 0 fully saturated rings. The fourth-order valence-electron chi connectivity index (χ4n) is 1.64. The Hall–Kier alpha value is -1.35. The van der Waals surface area contributed by atoms with Gasteiger partial charge < -0.3 is 11.1 Å². The molecule has 0 saturated carbocycles. The highest BCUT2D eigenvalue weighted by Crippen LogP contribution is 2.14. The van der Waals surface area contributed by atoms with Gasteiger partial charge in [0.05, 0.1) is 12.1 Å². The highest BCUT2D eigenvalue weighted by Gasteiger charge is 2.19. The van der Waals surface area contributed by atoms with Crippen molar-refractivity contribution in [2.75, 3.05) is 0 Å². The van der Waals surface area contributed by atoms with Crippen LogP contribution in [0.1, 0.15) is 37.9 Å². The molecule has 1 rings (SSSR count). The Morgan fingerprint density at radius 1 is 1.29 bits per heavy atom. The molecule has 0 saturated heterocycles. The molecule has 0 radical (unpaired) electrons. The number of carbonyl (C=O) groups excluding carboxylic acids is 1. The zero-order valence-electron chi connectivity index (χ0n) is 11.0. The molecule has 0 aromatic heterocycles. The molecule has 3 N–H and O–H groups in total. The number of nitrogens with one attached hydrogen (secondary N) is 1. The van der Waals surface area contributed by atoms with Crippen molar-refractivity contribution < 1.29 is 4.79 Å². The van der Waals surface area contributed by atoms with Crippen molar-refractivity contribution in [3.8, 4) is 0 Å². The van der Waals surface area contributed by atoms with E-state index in [0.29, 0.717) is 0 Å². The highest BCUT2D eigenvalue weighted by molar-refractivity contribution is 5.82. The zero-order chi connectivity index (χ0) is 13.0. The Balaban J connectivity index is 2.66. The van der Waals surface area contributed by atoms with Crippen molar-refractivity contribution in [3.05, 3.63) is 35.4 Å². The van der Waals surface area contributed by atoms with Crippen LogP contribution in [0.2, 0.25) is 0 Å². The van der Waals surface area contributed by atoms with Crippen LogP contribution in [0.3, 0.4) is 0 Å². The van der Waals surface area contributed by atoms with Gasteiger partial charge in [0.15, 0.2) is 0 Å². The van der Waals surface area contributed by atoms with Crippen molar-refractivity contribution >= 4 is 5.91 Å². The molecule has 0 bridgehead atoms. The molecular weight excluding hydrogens is 212 g/mol. The molecule has 0 aliphatic rings. The minimum absolute atomic E-state index is 0.00722. The molecule has 3 heteroatoms. The van der Waals surface area contributed by atoms with Crippen molar-refractivity contribution in [2.45, 2.75) is 39.8 Å². The Labute approximate surface area is 103 Å². The summed E-state index contributed by atoms with van der Waals surface area (Å²) in [6.07, 6.45) is 0. The predicted octanol–water partition coefficient (Wildman–Crippen LogP) is 2.16. The van der Waals surface area contributed by atoms with Gasteiger partial charge in [-0.2, -0.15) is 0 Å². The number of amides is 1. The molecule has 1 aromatic rings. The van der Waals surface area contributed by atoms with Crippen molar-refractivity contribution in [1.82, 2.24) is 5.32 Å². The van der Waals surface area contributed by atoms with Crippen LogP contribution in [0.15, 0.2) is 24.3 Å². The molecule has 3 nitrogen and oxygen atoms in total. The lowest BCUT2D eigenvalue weighted by atomic mass is 10.0. The number of nitrogens with two attached hydrogens (primary N) is 1. The largest absolute Gasteiger partial charge is 0.348 e. The van der Waals surface area contributed by atoms with Crippen molar-refractivity contribution in [2.24, 2.45) is 11.7 Å². The summed E-state index contributed by atoms with van der Waals surface area (Å²) >= 11 is 0. The van der Waals surface area contributed by atoms with Crippen molar-refractivity contribution in [3.63, 3.8) is 0 Å². The van der Waals surface area contributed by atoms with Gasteiger partial charge in [-0.25, -0.2) is 0 Å². The minimum Gasteiger partial charge on any atom is -0.348 e. The van der Waals surface area contributed by atoms with Gasteiger partial charge in [-0.15, -0.1) is 0 Å². The van der Waals surface area contributed by atoms with Crippen LogP contribution in [0.5, 0.6) is 0 Å². The van der Waals surface area contributed by atoms with Gasteiger partial charge in [0, 0.05) is 0 Å². The first-order chi connectivity index (χ1) is 7.91. The molecule has 0 aliphatic carbocycles. The van der Waals surface area contributed by atoms with E-state index in [0.717, 1.165) is 5.56 Å². The Morgan fingerprint density at radius 3 is 2.47 bits per heavy atom. The average Bonchev–Trinajstić information content (AvgIpc) is 2.27. The third-order valence-corrected chi connectivity index (χ3v) is 2.92. The van der Waals surface area contributed by atoms with Crippen LogP contribution >= 0.6 is 0 Å². The van der Waals surface area contributed by atoms with E-state index in [1.165, 1.54) is 5.56 Å². The highest BCUT2D eigenvalue weighted by atomic mass is 16.2. The van der Waals surface area contributed by atoms with Gasteiger partial charge in [0.2, 0.25) is 5.91 Å². The smallest absolute Gasteiger partial charge is 0.237 e. The van der Waals surface area contributed by atoms with E-state index >= 15 is 0 Å². The number of hydrogen-bond donors (Lipinski definition) is 2. The van der Waals surface area contributed by atoms with Gasteiger partial charge in [-0.3, -0.25) is 4.79 Å². The Morgan fingerprint density at radius 2 is 1.94 bits per heavy atom. The SMILES string of the molecule is Cc1cccc([C@@H](C)NC(=O)[C@@H](N)C(C)C)c1. The van der Waals surface area contributed by atoms with E-state index in [-0.39, 0.29) is 17.9 Å². The molecule has 1 amide bonds. The maximum atomic E-state index is 11.8. The van der Waals surface area contributed by atoms with Crippen LogP contribution in [-0.2, 0) is 4.79 Å². The standard InChI is InChI=1S/C14H22N2O/c1-9(2)13(15)14(17)16-11(4)12-7-5-6-10(3)8-12/h5-9,11,13H,15H2,1-4H3,(H,16,17)/t11-,13+/m1/s1. The lowest BCUT2D eigenvalue weighted by Gasteiger charge is -2.20. The van der Waals surface area contributed by atoms with Gasteiger partial charge in [-0.1, -0.05) is 43.7 Å². The number of aryl methyl sites for hydroxylation is 1. The van der Waals surface area contributed by atoms with E-state index in [2.05, 4.69) is 11.4 Å². The third-order valence-electron chi connectivity index (χ3n) is 2.92. The second kappa shape index (κ2) is 5.82. The first-order valence-corrected chi connectivity index (χ1v) is 6.04. The lowest BCUT2D eigenvalue weighted by Crippen LogP contribution is -2.44. The summed E-state index contributed by atoms with van der Waals surface area (Å²) in [7, 11) is 0. The maximum Gasteiger partial charge on any atom is 0.237 e. The molecule has 1 aromatic carbocycles. The van der Waals surface area contributed by atoms with Gasteiger partial charge >= 0.3 is 0 Å². The van der Waals surface area contributed by atoms with E-state index in [9.17, 15) is 4.79 Å². The van der Waals surface area contributed by atoms with E-state index in [1.807, 2.05) is 45.9 Å². The number of hydrogen-bond acceptors (Lipinski definition) is 2. The molecule has 17 heavy (non-hydrogen) atoms. The fraction of sp³-hybridized carbons (Fsp3) is 0.500. The van der Waals surface area contributed by atoms with Crippen molar-refractivity contribution in [1.29, 1.82) is 0 Å². The average molecular weight is 234 g/mol. The molecule has 2 atom stereocenters. The molecule has 0 unspecified atom stereocenters. The quantitative estimate of drug-likeness (QED) is 0.838. The monoisotopic (exact) mass is 234 g/mol. The zero-order valence-corrected chi connectivity index (χ0v) is 11.0. The predicted molar refractivity (Wildman–Crippen MR) is 70.6 cm³/mol. The summed E-state index contributed by atoms with van der Waals surface area (Å²) in [6, 6.07) is 7.67. The maximum absolute atomic E-state index is 11.8. The summed E-state index contributed by atoms with van der Waals surface area (Å²) in [6.45, 7) is 7.90. The fourth-order valence-corrected chi connectivity index (χ4v) is 1.64. The normalized spacial score (nSPS) is 14.5. The first-order valence-electron chi connectivity index (χ1n) is 6.04. The third kappa shape index (κ3) is 3.86. The minimum atomic E-state index is -0.442. The van der Waals surface area contributed by atoms with Crippen LogP contribution < -0.4 is 11.1 Å². The summed E-state index contributed by atoms with van der Waals surface area (Å²) in [5.41, 5.74) is 8.10. The van der Waals surface area contributed by atoms with E-state index < -0.39 is 6.04 Å². The second-order valence-corrected chi connectivity index (χ2v) is 4.91. The van der Waals surface area contributed by atoms with E-state index in [1.54, 1.807) is 0 Å². The topological polar surface area (TPSA) is 55.1 Å². The molecule has 0 heterocycles. The van der Waals surface area contributed by atoms with Crippen LogP contribution in [0.4, 0.5) is 0 Å². The van der Waals surface area contributed by atoms with Crippen LogP contribution in [0.25, 0.3) is 0 Å². The first kappa shape index (κ1) is 13.7. The summed E-state index contributed by atoms with van der Waals surface area (Å²) in [4.78, 5) is 11.8. The number of benzene rings is 1. The van der Waals surface area contributed by atoms with Gasteiger partial charge in [0.1, 0.15) is 0 Å². The second-order valence-electron chi connectivity index (χ2n) is 4.91. The van der Waals surface area contributed by atoms with Crippen LogP contribution in [-0.4, -0.2) is 11.9 Å². The number of carbonyl (C=O) groups is 1. The molecule has 0 spiro atoms. The molecule has 0 aliphatic heterocycles. The van der Waals surface area contributed by atoms with Gasteiger partial charge in [0.25, 0.3) is 0 Å². The Kier molecular flexibility index (Phi) is 4.70. The summed E-state index contributed by atoms with van der Waals surface area (Å²) < 4.78 is 0. The molecule has 94 valence electrons. The molecular formula is C14H22N2O. The summed E-state index contributed by atoms with van der Waals surface area (Å²) in [5.74, 6) is 0.0636. The Bertz CT molecular complexity index is 388. The lowest BCUT2D eigenvalue weighted by molar-refractivity contribution is -0.123. The number of rotatable bonds is 4. The summed E-state index contributed by atoms with van der Waals surface area (Å²) in [5, 5.41) is 2.94. The van der Waals surface area contributed by atoms with Gasteiger partial charge in [-0.05, 0) is 25.3 Å².